The van der Waals surface area contributed by atoms with Gasteiger partial charge in [0, 0.05) is 11.2 Å². The molecule has 0 fully saturated rings. The fourth-order valence-corrected chi connectivity index (χ4v) is 1.25. The summed E-state index contributed by atoms with van der Waals surface area (Å²) in [4.78, 5) is 3.02. The summed E-state index contributed by atoms with van der Waals surface area (Å²) in [6.07, 6.45) is 3.57. The monoisotopic (exact) mass is 219 g/mol. The Kier molecular flexibility index (Phi) is 3.05. The molecule has 2 rings (SSSR count). The van der Waals surface area contributed by atoms with Crippen LogP contribution in [0.1, 0.15) is 5.69 Å². The van der Waals surface area contributed by atoms with E-state index in [1.54, 1.807) is 6.21 Å². The summed E-state index contributed by atoms with van der Waals surface area (Å²) in [5.41, 5.74) is 4.76. The van der Waals surface area contributed by atoms with Gasteiger partial charge in [-0.05, 0) is 36.4 Å². The van der Waals surface area contributed by atoms with Crippen molar-refractivity contribution in [1.29, 1.82) is 0 Å². The zero-order valence-electron chi connectivity index (χ0n) is 7.94. The van der Waals surface area contributed by atoms with Gasteiger partial charge >= 0.3 is 0 Å². The maximum Gasteiger partial charge on any atom is 0.0707 e. The molecule has 4 heteroatoms. The topological polar surface area (TPSA) is 40.2 Å². The van der Waals surface area contributed by atoms with E-state index in [1.165, 1.54) is 0 Å². The molecule has 3 nitrogen and oxygen atoms in total. The summed E-state index contributed by atoms with van der Waals surface area (Å²) in [7, 11) is 0. The van der Waals surface area contributed by atoms with Crippen molar-refractivity contribution < 1.29 is 0 Å². The highest BCUT2D eigenvalue weighted by Gasteiger charge is 1.89. The Morgan fingerprint density at radius 2 is 2.00 bits per heavy atom. The summed E-state index contributed by atoms with van der Waals surface area (Å²) in [5.74, 6) is 0. The minimum absolute atomic E-state index is 0.717. The standard InChI is InChI=1S/C11H10ClN3/c12-9-3-5-10(6-4-9)15-14-8-11-2-1-7-13-11/h1-8,13,15H/b14-8-. The fraction of sp³-hybridized carbons (Fsp3) is 0. The zero-order chi connectivity index (χ0) is 10.5. The molecule has 0 aliphatic rings. The molecule has 0 saturated heterocycles. The van der Waals surface area contributed by atoms with E-state index in [0.717, 1.165) is 11.4 Å². The van der Waals surface area contributed by atoms with E-state index >= 15 is 0 Å². The summed E-state index contributed by atoms with van der Waals surface area (Å²) >= 11 is 5.76. The van der Waals surface area contributed by atoms with Crippen LogP contribution in [-0.2, 0) is 0 Å². The summed E-state index contributed by atoms with van der Waals surface area (Å²) < 4.78 is 0. The number of halogens is 1. The number of hydrogen-bond acceptors (Lipinski definition) is 2. The lowest BCUT2D eigenvalue weighted by atomic mass is 10.3. The lowest BCUT2D eigenvalue weighted by molar-refractivity contribution is 1.32. The van der Waals surface area contributed by atoms with Crippen molar-refractivity contribution in [3.63, 3.8) is 0 Å². The molecule has 0 spiro atoms. The Morgan fingerprint density at radius 3 is 2.67 bits per heavy atom. The molecule has 15 heavy (non-hydrogen) atoms. The highest BCUT2D eigenvalue weighted by molar-refractivity contribution is 6.30. The Morgan fingerprint density at radius 1 is 1.20 bits per heavy atom. The summed E-state index contributed by atoms with van der Waals surface area (Å²) in [6, 6.07) is 11.2. The van der Waals surface area contributed by atoms with E-state index < -0.39 is 0 Å². The van der Waals surface area contributed by atoms with Crippen molar-refractivity contribution in [2.45, 2.75) is 0 Å². The average Bonchev–Trinajstić information content (AvgIpc) is 2.74. The molecule has 0 amide bonds. The van der Waals surface area contributed by atoms with Crippen molar-refractivity contribution in [2.75, 3.05) is 5.43 Å². The molecular formula is C11H10ClN3. The minimum atomic E-state index is 0.717. The molecule has 2 N–H and O–H groups in total. The van der Waals surface area contributed by atoms with Gasteiger partial charge < -0.3 is 4.98 Å². The quantitative estimate of drug-likeness (QED) is 0.604. The Labute approximate surface area is 92.8 Å². The van der Waals surface area contributed by atoms with Crippen LogP contribution in [0.15, 0.2) is 47.7 Å². The first-order chi connectivity index (χ1) is 7.34. The van der Waals surface area contributed by atoms with Crippen molar-refractivity contribution in [2.24, 2.45) is 5.10 Å². The van der Waals surface area contributed by atoms with E-state index in [-0.39, 0.29) is 0 Å². The van der Waals surface area contributed by atoms with Gasteiger partial charge in [-0.1, -0.05) is 11.6 Å². The Bertz CT molecular complexity index is 431. The van der Waals surface area contributed by atoms with Crippen LogP contribution in [0.2, 0.25) is 5.02 Å². The van der Waals surface area contributed by atoms with Crippen molar-refractivity contribution >= 4 is 23.5 Å². The molecule has 0 aliphatic carbocycles. The van der Waals surface area contributed by atoms with Gasteiger partial charge in [0.15, 0.2) is 0 Å². The Hall–Kier alpha value is -1.74. The van der Waals surface area contributed by atoms with Crippen LogP contribution >= 0.6 is 11.6 Å². The van der Waals surface area contributed by atoms with Crippen LogP contribution in [-0.4, -0.2) is 11.2 Å². The lowest BCUT2D eigenvalue weighted by Gasteiger charge is -1.98. The van der Waals surface area contributed by atoms with E-state index in [9.17, 15) is 0 Å². The number of rotatable bonds is 3. The van der Waals surface area contributed by atoms with Gasteiger partial charge in [-0.2, -0.15) is 5.10 Å². The fourth-order valence-electron chi connectivity index (χ4n) is 1.13. The Balaban J connectivity index is 1.96. The molecule has 1 aromatic carbocycles. The van der Waals surface area contributed by atoms with Gasteiger partial charge in [0.1, 0.15) is 0 Å². The molecule has 0 unspecified atom stereocenters. The number of aromatic nitrogens is 1. The third kappa shape index (κ3) is 2.86. The van der Waals surface area contributed by atoms with Crippen LogP contribution in [0.3, 0.4) is 0 Å². The van der Waals surface area contributed by atoms with Gasteiger partial charge in [-0.15, -0.1) is 0 Å². The number of benzene rings is 1. The zero-order valence-corrected chi connectivity index (χ0v) is 8.70. The molecule has 0 aliphatic heterocycles. The highest BCUT2D eigenvalue weighted by atomic mass is 35.5. The van der Waals surface area contributed by atoms with E-state index in [4.69, 9.17) is 11.6 Å². The van der Waals surface area contributed by atoms with Crippen LogP contribution in [0, 0.1) is 0 Å². The largest absolute Gasteiger partial charge is 0.360 e. The lowest BCUT2D eigenvalue weighted by Crippen LogP contribution is -1.89. The number of hydrogen-bond donors (Lipinski definition) is 2. The number of H-pyrrole nitrogens is 1. The SMILES string of the molecule is Clc1ccc(N/N=C\c2ccc[nH]2)cc1. The molecular weight excluding hydrogens is 210 g/mol. The van der Waals surface area contributed by atoms with Crippen LogP contribution in [0.25, 0.3) is 0 Å². The minimum Gasteiger partial charge on any atom is -0.360 e. The van der Waals surface area contributed by atoms with Crippen molar-refractivity contribution in [3.05, 3.63) is 53.3 Å². The molecule has 0 atom stereocenters. The number of nitrogens with one attached hydrogen (secondary N) is 2. The van der Waals surface area contributed by atoms with Crippen LogP contribution < -0.4 is 5.43 Å². The van der Waals surface area contributed by atoms with Crippen molar-refractivity contribution in [1.82, 2.24) is 4.98 Å². The smallest absolute Gasteiger partial charge is 0.0707 e. The maximum atomic E-state index is 5.76. The first-order valence-corrected chi connectivity index (χ1v) is 4.90. The van der Waals surface area contributed by atoms with Crippen LogP contribution in [0.5, 0.6) is 0 Å². The van der Waals surface area contributed by atoms with Crippen molar-refractivity contribution in [3.8, 4) is 0 Å². The van der Waals surface area contributed by atoms with Crippen LogP contribution in [0.4, 0.5) is 5.69 Å². The molecule has 0 radical (unpaired) electrons. The first kappa shape index (κ1) is 9.80. The first-order valence-electron chi connectivity index (χ1n) is 4.52. The molecule has 76 valence electrons. The van der Waals surface area contributed by atoms with E-state index in [2.05, 4.69) is 15.5 Å². The third-order valence-electron chi connectivity index (χ3n) is 1.86. The second-order valence-corrected chi connectivity index (χ2v) is 3.44. The average molecular weight is 220 g/mol. The third-order valence-corrected chi connectivity index (χ3v) is 2.12. The molecule has 1 aromatic heterocycles. The number of aromatic amines is 1. The molecule has 1 heterocycles. The second kappa shape index (κ2) is 4.66. The van der Waals surface area contributed by atoms with E-state index in [1.807, 2.05) is 42.6 Å². The second-order valence-electron chi connectivity index (χ2n) is 3.00. The normalized spacial score (nSPS) is 10.7. The van der Waals surface area contributed by atoms with Gasteiger partial charge in [-0.3, -0.25) is 5.43 Å². The van der Waals surface area contributed by atoms with Gasteiger partial charge in [0.2, 0.25) is 0 Å². The maximum absolute atomic E-state index is 5.76. The predicted molar refractivity (Wildman–Crippen MR) is 63.5 cm³/mol. The predicted octanol–water partition coefficient (Wildman–Crippen LogP) is 3.11. The number of anilines is 1. The number of nitrogens with zero attached hydrogens (tertiary/aromatic N) is 1. The molecule has 0 saturated carbocycles. The van der Waals surface area contributed by atoms with Gasteiger partial charge in [-0.25, -0.2) is 0 Å². The molecule has 2 aromatic rings. The highest BCUT2D eigenvalue weighted by Crippen LogP contribution is 2.12. The summed E-state index contributed by atoms with van der Waals surface area (Å²) in [5, 5.41) is 4.78. The number of hydrazone groups is 1. The van der Waals surface area contributed by atoms with Gasteiger partial charge in [0.25, 0.3) is 0 Å². The summed E-state index contributed by atoms with van der Waals surface area (Å²) in [6.45, 7) is 0. The molecule has 0 bridgehead atoms. The van der Waals surface area contributed by atoms with Gasteiger partial charge in [0.05, 0.1) is 17.6 Å². The van der Waals surface area contributed by atoms with E-state index in [0.29, 0.717) is 5.02 Å².